The largest absolute Gasteiger partial charge is 0.358 e. The molecule has 0 radical (unpaired) electrons. The predicted molar refractivity (Wildman–Crippen MR) is 78.1 cm³/mol. The molecule has 2 nitrogen and oxygen atoms in total. The van der Waals surface area contributed by atoms with Gasteiger partial charge < -0.3 is 4.74 Å². The fourth-order valence-corrected chi connectivity index (χ4v) is 2.94. The lowest BCUT2D eigenvalue weighted by Crippen LogP contribution is -2.14. The zero-order chi connectivity index (χ0) is 12.7. The molecule has 1 aliphatic heterocycles. The summed E-state index contributed by atoms with van der Waals surface area (Å²) in [6.45, 7) is 1.70. The molecule has 0 saturated carbocycles. The number of ether oxygens (including phenoxy) is 1. The topological polar surface area (TPSA) is 21.3 Å². The first-order valence-corrected chi connectivity index (χ1v) is 6.69. The quantitative estimate of drug-likeness (QED) is 0.665. The van der Waals surface area contributed by atoms with Crippen LogP contribution in [-0.4, -0.2) is 13.2 Å². The second-order valence-electron chi connectivity index (χ2n) is 4.94. The molecule has 1 atom stereocenters. The second kappa shape index (κ2) is 4.34. The van der Waals surface area contributed by atoms with E-state index < -0.39 is 0 Å². The van der Waals surface area contributed by atoms with Crippen molar-refractivity contribution in [3.63, 3.8) is 0 Å². The first-order chi connectivity index (χ1) is 9.43. The van der Waals surface area contributed by atoms with Crippen molar-refractivity contribution in [2.45, 2.75) is 6.23 Å². The maximum Gasteiger partial charge on any atom is 0.135 e. The molecule has 0 bridgehead atoms. The van der Waals surface area contributed by atoms with Crippen LogP contribution in [0.15, 0.2) is 54.6 Å². The number of hydrogen-bond donors (Lipinski definition) is 1. The van der Waals surface area contributed by atoms with Crippen molar-refractivity contribution >= 4 is 21.5 Å². The summed E-state index contributed by atoms with van der Waals surface area (Å²) in [5.74, 6) is 0. The van der Waals surface area contributed by atoms with Gasteiger partial charge in [0.1, 0.15) is 6.23 Å². The third-order valence-electron chi connectivity index (χ3n) is 3.79. The molecular weight excluding hydrogens is 234 g/mol. The second-order valence-corrected chi connectivity index (χ2v) is 4.94. The fraction of sp³-hybridized carbons (Fsp3) is 0.176. The van der Waals surface area contributed by atoms with Crippen molar-refractivity contribution in [1.82, 2.24) is 5.32 Å². The summed E-state index contributed by atoms with van der Waals surface area (Å²) in [5, 5.41) is 8.54. The van der Waals surface area contributed by atoms with E-state index in [1.807, 2.05) is 0 Å². The van der Waals surface area contributed by atoms with Crippen molar-refractivity contribution in [1.29, 1.82) is 0 Å². The molecule has 19 heavy (non-hydrogen) atoms. The SMILES string of the molecule is c1ccc2c(C3NCCO3)c3ccccc3cc2c1. The van der Waals surface area contributed by atoms with Crippen molar-refractivity contribution in [3.8, 4) is 0 Å². The minimum atomic E-state index is 0.0102. The van der Waals surface area contributed by atoms with Gasteiger partial charge in [-0.3, -0.25) is 5.32 Å². The molecule has 1 N–H and O–H groups in total. The number of benzene rings is 3. The Labute approximate surface area is 112 Å². The highest BCUT2D eigenvalue weighted by Crippen LogP contribution is 2.34. The summed E-state index contributed by atoms with van der Waals surface area (Å²) in [7, 11) is 0. The van der Waals surface area contributed by atoms with Gasteiger partial charge in [0.2, 0.25) is 0 Å². The summed E-state index contributed by atoms with van der Waals surface area (Å²) in [5.41, 5.74) is 1.27. The van der Waals surface area contributed by atoms with Crippen molar-refractivity contribution in [2.24, 2.45) is 0 Å². The highest BCUT2D eigenvalue weighted by Gasteiger charge is 2.21. The molecule has 1 saturated heterocycles. The summed E-state index contributed by atoms with van der Waals surface area (Å²) < 4.78 is 5.84. The number of rotatable bonds is 1. The molecule has 0 spiro atoms. The molecule has 1 fully saturated rings. The molecule has 2 heteroatoms. The van der Waals surface area contributed by atoms with Crippen LogP contribution < -0.4 is 5.32 Å². The number of nitrogens with one attached hydrogen (secondary N) is 1. The summed E-state index contributed by atoms with van der Waals surface area (Å²) in [6.07, 6.45) is 0.0102. The van der Waals surface area contributed by atoms with Crippen LogP contribution in [0.3, 0.4) is 0 Å². The highest BCUT2D eigenvalue weighted by atomic mass is 16.5. The third-order valence-corrected chi connectivity index (χ3v) is 3.79. The predicted octanol–water partition coefficient (Wildman–Crippen LogP) is 3.61. The van der Waals surface area contributed by atoms with E-state index >= 15 is 0 Å². The van der Waals surface area contributed by atoms with Gasteiger partial charge in [0.05, 0.1) is 6.61 Å². The van der Waals surface area contributed by atoms with Crippen LogP contribution in [0.2, 0.25) is 0 Å². The van der Waals surface area contributed by atoms with Crippen molar-refractivity contribution in [2.75, 3.05) is 13.2 Å². The average Bonchev–Trinajstić information content (AvgIpc) is 2.98. The lowest BCUT2D eigenvalue weighted by atomic mass is 9.96. The Morgan fingerprint density at radius 1 is 0.895 bits per heavy atom. The highest BCUT2D eigenvalue weighted by molar-refractivity contribution is 6.02. The maximum atomic E-state index is 5.84. The van der Waals surface area contributed by atoms with Gasteiger partial charge in [-0.1, -0.05) is 48.5 Å². The van der Waals surface area contributed by atoms with Crippen LogP contribution in [0.1, 0.15) is 11.8 Å². The Morgan fingerprint density at radius 3 is 2.11 bits per heavy atom. The standard InChI is InChI=1S/C17H15NO/c1-3-7-14-12(5-1)11-13-6-2-4-8-15(13)16(14)17-18-9-10-19-17/h1-8,11,17-18H,9-10H2. The minimum Gasteiger partial charge on any atom is -0.358 e. The number of fused-ring (bicyclic) bond motifs is 2. The first kappa shape index (κ1) is 11.0. The van der Waals surface area contributed by atoms with Crippen molar-refractivity contribution in [3.05, 3.63) is 60.2 Å². The van der Waals surface area contributed by atoms with Gasteiger partial charge in [-0.15, -0.1) is 0 Å². The monoisotopic (exact) mass is 249 g/mol. The molecule has 1 unspecified atom stereocenters. The van der Waals surface area contributed by atoms with E-state index in [9.17, 15) is 0 Å². The average molecular weight is 249 g/mol. The lowest BCUT2D eigenvalue weighted by molar-refractivity contribution is 0.104. The Hall–Kier alpha value is -1.90. The Kier molecular flexibility index (Phi) is 2.50. The van der Waals surface area contributed by atoms with Gasteiger partial charge in [-0.05, 0) is 27.6 Å². The fourth-order valence-electron chi connectivity index (χ4n) is 2.94. The molecule has 0 amide bonds. The molecular formula is C17H15NO. The van der Waals surface area contributed by atoms with E-state index in [1.54, 1.807) is 0 Å². The van der Waals surface area contributed by atoms with Gasteiger partial charge in [0.15, 0.2) is 0 Å². The van der Waals surface area contributed by atoms with E-state index in [0.717, 1.165) is 13.2 Å². The molecule has 3 aromatic rings. The van der Waals surface area contributed by atoms with Gasteiger partial charge in [-0.2, -0.15) is 0 Å². The zero-order valence-corrected chi connectivity index (χ0v) is 10.6. The smallest absolute Gasteiger partial charge is 0.135 e. The summed E-state index contributed by atoms with van der Waals surface area (Å²) in [4.78, 5) is 0. The molecule has 94 valence electrons. The number of hydrogen-bond acceptors (Lipinski definition) is 2. The van der Waals surface area contributed by atoms with E-state index in [-0.39, 0.29) is 6.23 Å². The van der Waals surface area contributed by atoms with E-state index in [4.69, 9.17) is 4.74 Å². The Balaban J connectivity index is 2.13. The van der Waals surface area contributed by atoms with Gasteiger partial charge >= 0.3 is 0 Å². The van der Waals surface area contributed by atoms with E-state index in [1.165, 1.54) is 27.1 Å². The van der Waals surface area contributed by atoms with Gasteiger partial charge in [0.25, 0.3) is 0 Å². The maximum absolute atomic E-state index is 5.84. The third kappa shape index (κ3) is 1.72. The van der Waals surface area contributed by atoms with E-state index in [0.29, 0.717) is 0 Å². The lowest BCUT2D eigenvalue weighted by Gasteiger charge is -2.17. The Morgan fingerprint density at radius 2 is 1.53 bits per heavy atom. The van der Waals surface area contributed by atoms with Gasteiger partial charge in [-0.25, -0.2) is 0 Å². The molecule has 1 heterocycles. The summed E-state index contributed by atoms with van der Waals surface area (Å²) in [6, 6.07) is 19.3. The van der Waals surface area contributed by atoms with Crippen LogP contribution in [0.4, 0.5) is 0 Å². The van der Waals surface area contributed by atoms with Crippen LogP contribution in [-0.2, 0) is 4.74 Å². The molecule has 3 aromatic carbocycles. The zero-order valence-electron chi connectivity index (χ0n) is 10.6. The van der Waals surface area contributed by atoms with Crippen LogP contribution in [0.25, 0.3) is 21.5 Å². The van der Waals surface area contributed by atoms with E-state index in [2.05, 4.69) is 59.9 Å². The molecule has 0 aliphatic carbocycles. The molecule has 0 aromatic heterocycles. The van der Waals surface area contributed by atoms with Crippen LogP contribution in [0.5, 0.6) is 0 Å². The van der Waals surface area contributed by atoms with Crippen molar-refractivity contribution < 1.29 is 4.74 Å². The minimum absolute atomic E-state index is 0.0102. The Bertz CT molecular complexity index is 690. The first-order valence-electron chi connectivity index (χ1n) is 6.69. The van der Waals surface area contributed by atoms with Crippen LogP contribution >= 0.6 is 0 Å². The van der Waals surface area contributed by atoms with Crippen LogP contribution in [0, 0.1) is 0 Å². The normalized spacial score (nSPS) is 19.3. The van der Waals surface area contributed by atoms with Gasteiger partial charge in [0, 0.05) is 12.1 Å². The molecule has 4 rings (SSSR count). The summed E-state index contributed by atoms with van der Waals surface area (Å²) >= 11 is 0. The molecule has 1 aliphatic rings.